The Kier molecular flexibility index (Phi) is 4.00. The van der Waals surface area contributed by atoms with E-state index in [1.54, 1.807) is 0 Å². The molecule has 1 heterocycles. The van der Waals surface area contributed by atoms with Gasteiger partial charge in [-0.1, -0.05) is 29.8 Å². The third-order valence-electron chi connectivity index (χ3n) is 3.24. The van der Waals surface area contributed by atoms with Crippen molar-refractivity contribution in [1.29, 1.82) is 0 Å². The number of aryl methyl sites for hydroxylation is 1. The fourth-order valence-corrected chi connectivity index (χ4v) is 2.45. The lowest BCUT2D eigenvalue weighted by Gasteiger charge is -2.12. The lowest BCUT2D eigenvalue weighted by atomic mass is 10.1. The Morgan fingerprint density at radius 1 is 1.05 bits per heavy atom. The summed E-state index contributed by atoms with van der Waals surface area (Å²) in [6.45, 7) is 1.98. The molecule has 3 aromatic rings. The number of nitrogens with zero attached hydrogens (tertiary/aromatic N) is 1. The van der Waals surface area contributed by atoms with Crippen LogP contribution >= 0.6 is 23.2 Å². The van der Waals surface area contributed by atoms with E-state index in [9.17, 15) is 0 Å². The number of hydrogen-bond acceptors (Lipinski definition) is 2. The highest BCUT2D eigenvalue weighted by Crippen LogP contribution is 2.33. The molecule has 0 aliphatic rings. The summed E-state index contributed by atoms with van der Waals surface area (Å²) >= 11 is 12.0. The second-order valence-electron chi connectivity index (χ2n) is 4.77. The Morgan fingerprint density at radius 2 is 1.86 bits per heavy atom. The molecule has 1 aromatic heterocycles. The molecule has 0 saturated heterocycles. The fourth-order valence-electron chi connectivity index (χ4n) is 2.15. The first-order chi connectivity index (χ1) is 10.2. The van der Waals surface area contributed by atoms with Gasteiger partial charge in [0.15, 0.2) is 0 Å². The molecule has 0 saturated carbocycles. The van der Waals surface area contributed by atoms with Gasteiger partial charge in [0.1, 0.15) is 11.5 Å². The van der Waals surface area contributed by atoms with E-state index in [1.807, 2.05) is 55.5 Å². The second-order valence-corrected chi connectivity index (χ2v) is 5.48. The summed E-state index contributed by atoms with van der Waals surface area (Å²) in [6.07, 6.45) is 0. The molecule has 3 rings (SSSR count). The highest BCUT2D eigenvalue weighted by molar-refractivity contribution is 6.30. The summed E-state index contributed by atoms with van der Waals surface area (Å²) in [4.78, 5) is 4.50. The standard InChI is InChI=1S/C17H13Cl2NO/c1-11-6-7-12(19)8-16(11)21-17-9-13(10-18)20-15-5-3-2-4-14(15)17/h2-9H,10H2,1H3. The molecule has 0 unspecified atom stereocenters. The van der Waals surface area contributed by atoms with Gasteiger partial charge in [0.25, 0.3) is 0 Å². The number of halogens is 2. The largest absolute Gasteiger partial charge is 0.456 e. The highest BCUT2D eigenvalue weighted by atomic mass is 35.5. The summed E-state index contributed by atoms with van der Waals surface area (Å²) < 4.78 is 6.06. The second kappa shape index (κ2) is 5.92. The van der Waals surface area contributed by atoms with Gasteiger partial charge in [0, 0.05) is 16.5 Å². The lowest BCUT2D eigenvalue weighted by molar-refractivity contribution is 0.483. The number of para-hydroxylation sites is 1. The molecule has 21 heavy (non-hydrogen) atoms. The van der Waals surface area contributed by atoms with Crippen molar-refractivity contribution in [2.75, 3.05) is 0 Å². The van der Waals surface area contributed by atoms with Gasteiger partial charge in [0.2, 0.25) is 0 Å². The summed E-state index contributed by atoms with van der Waals surface area (Å²) in [6, 6.07) is 15.3. The topological polar surface area (TPSA) is 22.1 Å². The van der Waals surface area contributed by atoms with E-state index in [1.165, 1.54) is 0 Å². The van der Waals surface area contributed by atoms with Crippen molar-refractivity contribution in [3.05, 3.63) is 64.8 Å². The number of rotatable bonds is 3. The molecular formula is C17H13Cl2NO. The Morgan fingerprint density at radius 3 is 2.67 bits per heavy atom. The Hall–Kier alpha value is -1.77. The van der Waals surface area contributed by atoms with E-state index in [2.05, 4.69) is 4.98 Å². The fraction of sp³-hybridized carbons (Fsp3) is 0.118. The average molecular weight is 318 g/mol. The molecule has 0 atom stereocenters. The van der Waals surface area contributed by atoms with Gasteiger partial charge in [-0.15, -0.1) is 11.6 Å². The third-order valence-corrected chi connectivity index (χ3v) is 3.75. The van der Waals surface area contributed by atoms with E-state index in [-0.39, 0.29) is 0 Å². The molecule has 106 valence electrons. The normalized spacial score (nSPS) is 10.8. The summed E-state index contributed by atoms with van der Waals surface area (Å²) in [5.74, 6) is 1.82. The first-order valence-electron chi connectivity index (χ1n) is 6.56. The predicted molar refractivity (Wildman–Crippen MR) is 87.6 cm³/mol. The number of aromatic nitrogens is 1. The van der Waals surface area contributed by atoms with E-state index in [0.29, 0.717) is 10.9 Å². The Balaban J connectivity index is 2.13. The lowest BCUT2D eigenvalue weighted by Crippen LogP contribution is -1.93. The van der Waals surface area contributed by atoms with Crippen LogP contribution in [0.5, 0.6) is 11.5 Å². The Bertz CT molecular complexity index is 802. The quantitative estimate of drug-likeness (QED) is 0.576. The van der Waals surface area contributed by atoms with Crippen LogP contribution < -0.4 is 4.74 Å². The molecule has 4 heteroatoms. The van der Waals surface area contributed by atoms with Crippen LogP contribution in [0.2, 0.25) is 5.02 Å². The van der Waals surface area contributed by atoms with Crippen molar-refractivity contribution in [2.45, 2.75) is 12.8 Å². The van der Waals surface area contributed by atoms with Crippen molar-refractivity contribution in [3.8, 4) is 11.5 Å². The minimum absolute atomic E-state index is 0.343. The van der Waals surface area contributed by atoms with Gasteiger partial charge >= 0.3 is 0 Å². The number of benzene rings is 2. The molecule has 0 N–H and O–H groups in total. The maximum absolute atomic E-state index is 6.06. The minimum Gasteiger partial charge on any atom is -0.456 e. The van der Waals surface area contributed by atoms with Crippen LogP contribution in [0.1, 0.15) is 11.3 Å². The van der Waals surface area contributed by atoms with Gasteiger partial charge in [-0.05, 0) is 36.8 Å². The zero-order valence-corrected chi connectivity index (χ0v) is 12.9. The van der Waals surface area contributed by atoms with Crippen LogP contribution in [-0.4, -0.2) is 4.98 Å². The van der Waals surface area contributed by atoms with Crippen LogP contribution in [0, 0.1) is 6.92 Å². The summed E-state index contributed by atoms with van der Waals surface area (Å²) in [5.41, 5.74) is 2.67. The van der Waals surface area contributed by atoms with Gasteiger partial charge in [-0.3, -0.25) is 4.98 Å². The molecule has 2 nitrogen and oxygen atoms in total. The van der Waals surface area contributed by atoms with Gasteiger partial charge in [-0.2, -0.15) is 0 Å². The molecule has 2 aromatic carbocycles. The maximum atomic E-state index is 6.06. The predicted octanol–water partition coefficient (Wildman–Crippen LogP) is 5.73. The first kappa shape index (κ1) is 14.2. The van der Waals surface area contributed by atoms with Crippen molar-refractivity contribution in [2.24, 2.45) is 0 Å². The minimum atomic E-state index is 0.343. The number of pyridine rings is 1. The van der Waals surface area contributed by atoms with Crippen LogP contribution in [0.4, 0.5) is 0 Å². The molecule has 0 amide bonds. The molecular weight excluding hydrogens is 305 g/mol. The summed E-state index contributed by atoms with van der Waals surface area (Å²) in [5, 5.41) is 1.59. The van der Waals surface area contributed by atoms with Crippen LogP contribution in [0.15, 0.2) is 48.5 Å². The maximum Gasteiger partial charge on any atom is 0.138 e. The number of alkyl halides is 1. The number of ether oxygens (including phenoxy) is 1. The number of hydrogen-bond donors (Lipinski definition) is 0. The molecule has 0 fully saturated rings. The van der Waals surface area contributed by atoms with Crippen LogP contribution in [0.3, 0.4) is 0 Å². The van der Waals surface area contributed by atoms with Crippen molar-refractivity contribution in [3.63, 3.8) is 0 Å². The van der Waals surface area contributed by atoms with E-state index >= 15 is 0 Å². The molecule has 0 aliphatic heterocycles. The van der Waals surface area contributed by atoms with Crippen molar-refractivity contribution in [1.82, 2.24) is 4.98 Å². The van der Waals surface area contributed by atoms with Gasteiger partial charge in [0.05, 0.1) is 17.1 Å². The summed E-state index contributed by atoms with van der Waals surface area (Å²) in [7, 11) is 0. The number of fused-ring (bicyclic) bond motifs is 1. The zero-order chi connectivity index (χ0) is 14.8. The van der Waals surface area contributed by atoms with E-state index in [0.717, 1.165) is 33.7 Å². The van der Waals surface area contributed by atoms with Gasteiger partial charge in [-0.25, -0.2) is 0 Å². The monoisotopic (exact) mass is 317 g/mol. The highest BCUT2D eigenvalue weighted by Gasteiger charge is 2.09. The smallest absolute Gasteiger partial charge is 0.138 e. The molecule has 0 aliphatic carbocycles. The first-order valence-corrected chi connectivity index (χ1v) is 7.47. The van der Waals surface area contributed by atoms with E-state index in [4.69, 9.17) is 27.9 Å². The SMILES string of the molecule is Cc1ccc(Cl)cc1Oc1cc(CCl)nc2ccccc12. The Labute approximate surface area is 133 Å². The zero-order valence-electron chi connectivity index (χ0n) is 11.4. The molecule has 0 bridgehead atoms. The average Bonchev–Trinajstić information content (AvgIpc) is 2.50. The third kappa shape index (κ3) is 2.97. The molecule has 0 spiro atoms. The molecule has 0 radical (unpaired) electrons. The van der Waals surface area contributed by atoms with Crippen LogP contribution in [-0.2, 0) is 5.88 Å². The van der Waals surface area contributed by atoms with E-state index < -0.39 is 0 Å². The van der Waals surface area contributed by atoms with Crippen molar-refractivity contribution >= 4 is 34.1 Å². The van der Waals surface area contributed by atoms with Crippen molar-refractivity contribution < 1.29 is 4.74 Å². The van der Waals surface area contributed by atoms with Crippen LogP contribution in [0.25, 0.3) is 10.9 Å². The van der Waals surface area contributed by atoms with Gasteiger partial charge < -0.3 is 4.74 Å².